The molecule has 0 unspecified atom stereocenters. The molecule has 4 rings (SSSR count). The quantitative estimate of drug-likeness (QED) is 0.860. The van der Waals surface area contributed by atoms with Crippen LogP contribution >= 0.6 is 0 Å². The molecule has 2 aliphatic rings. The number of fused-ring (bicyclic) bond motifs is 1. The second-order valence-electron chi connectivity index (χ2n) is 5.83. The smallest absolute Gasteiger partial charge is 0.281 e. The highest BCUT2D eigenvalue weighted by molar-refractivity contribution is 6.12. The number of hydrogen-bond acceptors (Lipinski definition) is 4. The van der Waals surface area contributed by atoms with E-state index in [9.17, 15) is 9.59 Å². The summed E-state index contributed by atoms with van der Waals surface area (Å²) in [6.45, 7) is 0. The van der Waals surface area contributed by atoms with E-state index in [1.54, 1.807) is 50.6 Å². The van der Waals surface area contributed by atoms with E-state index in [2.05, 4.69) is 5.32 Å². The summed E-state index contributed by atoms with van der Waals surface area (Å²) in [4.78, 5) is 26.9. The average molecular weight is 324 g/mol. The van der Waals surface area contributed by atoms with E-state index in [4.69, 9.17) is 9.47 Å². The Balaban J connectivity index is 1.71. The zero-order chi connectivity index (χ0) is 16.9. The van der Waals surface area contributed by atoms with E-state index >= 15 is 0 Å². The highest BCUT2D eigenvalue weighted by Crippen LogP contribution is 2.53. The van der Waals surface area contributed by atoms with Gasteiger partial charge in [-0.25, -0.2) is 0 Å². The van der Waals surface area contributed by atoms with Crippen molar-refractivity contribution in [2.45, 2.75) is 11.8 Å². The van der Waals surface area contributed by atoms with Crippen molar-refractivity contribution in [2.24, 2.45) is 0 Å². The lowest BCUT2D eigenvalue weighted by atomic mass is 10.0. The molecule has 24 heavy (non-hydrogen) atoms. The Kier molecular flexibility index (Phi) is 3.11. The van der Waals surface area contributed by atoms with Crippen molar-refractivity contribution < 1.29 is 19.1 Å². The van der Waals surface area contributed by atoms with Gasteiger partial charge in [-0.3, -0.25) is 9.59 Å². The van der Waals surface area contributed by atoms with E-state index in [1.807, 2.05) is 12.1 Å². The number of likely N-dealkylation sites (N-methyl/N-ethyl adjacent to an activating group) is 1. The molecule has 1 saturated heterocycles. The van der Waals surface area contributed by atoms with E-state index < -0.39 is 11.8 Å². The minimum atomic E-state index is -1.31. The number of carbonyl (C=O) groups excluding carboxylic acids is 2. The number of carbonyl (C=O) groups is 2. The molecule has 2 amide bonds. The topological polar surface area (TPSA) is 71.2 Å². The molecule has 1 N–H and O–H groups in total. The first-order valence-electron chi connectivity index (χ1n) is 7.58. The van der Waals surface area contributed by atoms with Gasteiger partial charge in [0.05, 0.1) is 18.4 Å². The van der Waals surface area contributed by atoms with Crippen molar-refractivity contribution in [2.75, 3.05) is 19.5 Å². The third-order valence-electron chi connectivity index (χ3n) is 4.55. The third-order valence-corrected chi connectivity index (χ3v) is 4.55. The molecule has 122 valence electrons. The fraction of sp³-hybridized carbons (Fsp3) is 0.222. The average Bonchev–Trinajstić information content (AvgIpc) is 3.38. The summed E-state index contributed by atoms with van der Waals surface area (Å²) in [6, 6.07) is 14.2. The molecule has 1 spiro atoms. The van der Waals surface area contributed by atoms with Crippen molar-refractivity contribution in [3.63, 3.8) is 0 Å². The summed E-state index contributed by atoms with van der Waals surface area (Å²) in [7, 11) is 3.18. The molecule has 2 aromatic carbocycles. The van der Waals surface area contributed by atoms with Crippen molar-refractivity contribution in [1.29, 1.82) is 0 Å². The van der Waals surface area contributed by atoms with Crippen LogP contribution in [-0.2, 0) is 9.53 Å². The SMILES string of the molecule is COc1ccc([C@@H]2O[C@@]23C(=O)Nc2ccccc2C(=O)N3C)cc1. The fourth-order valence-electron chi connectivity index (χ4n) is 3.12. The number of amides is 2. The van der Waals surface area contributed by atoms with Gasteiger partial charge >= 0.3 is 0 Å². The number of benzene rings is 2. The lowest BCUT2D eigenvalue weighted by molar-refractivity contribution is -0.125. The van der Waals surface area contributed by atoms with Gasteiger partial charge in [-0.05, 0) is 29.8 Å². The van der Waals surface area contributed by atoms with Crippen LogP contribution in [0, 0.1) is 0 Å². The molecule has 0 aliphatic carbocycles. The van der Waals surface area contributed by atoms with Crippen LogP contribution < -0.4 is 10.1 Å². The van der Waals surface area contributed by atoms with Crippen molar-refractivity contribution >= 4 is 17.5 Å². The highest BCUT2D eigenvalue weighted by atomic mass is 16.6. The van der Waals surface area contributed by atoms with Crippen molar-refractivity contribution in [3.8, 4) is 5.75 Å². The number of methoxy groups -OCH3 is 1. The number of hydrogen-bond donors (Lipinski definition) is 1. The molecular formula is C18H16N2O4. The number of nitrogens with zero attached hydrogens (tertiary/aromatic N) is 1. The van der Waals surface area contributed by atoms with Crippen LogP contribution in [0.2, 0.25) is 0 Å². The first-order chi connectivity index (χ1) is 11.6. The number of ether oxygens (including phenoxy) is 2. The summed E-state index contributed by atoms with van der Waals surface area (Å²) >= 11 is 0. The number of rotatable bonds is 2. The summed E-state index contributed by atoms with van der Waals surface area (Å²) in [6.07, 6.45) is -0.508. The number of nitrogens with one attached hydrogen (secondary N) is 1. The van der Waals surface area contributed by atoms with Crippen LogP contribution in [0.25, 0.3) is 0 Å². The minimum Gasteiger partial charge on any atom is -0.497 e. The predicted molar refractivity (Wildman–Crippen MR) is 86.7 cm³/mol. The van der Waals surface area contributed by atoms with Crippen LogP contribution in [-0.4, -0.2) is 36.6 Å². The van der Waals surface area contributed by atoms with Crippen LogP contribution in [0.1, 0.15) is 22.0 Å². The van der Waals surface area contributed by atoms with E-state index in [0.717, 1.165) is 11.3 Å². The molecule has 2 aromatic rings. The first kappa shape index (κ1) is 14.7. The molecule has 1 fully saturated rings. The lowest BCUT2D eigenvalue weighted by Gasteiger charge is -2.21. The monoisotopic (exact) mass is 324 g/mol. The number of para-hydroxylation sites is 1. The summed E-state index contributed by atoms with van der Waals surface area (Å²) in [5.41, 5.74) is 0.455. The highest BCUT2D eigenvalue weighted by Gasteiger charge is 2.68. The predicted octanol–water partition coefficient (Wildman–Crippen LogP) is 2.19. The Morgan fingerprint density at radius 2 is 1.83 bits per heavy atom. The van der Waals surface area contributed by atoms with Crippen molar-refractivity contribution in [3.05, 3.63) is 59.7 Å². The van der Waals surface area contributed by atoms with Crippen LogP contribution in [0.3, 0.4) is 0 Å². The summed E-state index contributed by atoms with van der Waals surface area (Å²) in [5, 5.41) is 2.81. The van der Waals surface area contributed by atoms with Gasteiger partial charge in [0.15, 0.2) is 0 Å². The third kappa shape index (κ3) is 1.93. The Labute approximate surface area is 139 Å². The van der Waals surface area contributed by atoms with Crippen molar-refractivity contribution in [1.82, 2.24) is 4.90 Å². The zero-order valence-electron chi connectivity index (χ0n) is 13.3. The van der Waals surface area contributed by atoms with Crippen LogP contribution in [0.5, 0.6) is 5.75 Å². The van der Waals surface area contributed by atoms with Crippen LogP contribution in [0.4, 0.5) is 5.69 Å². The van der Waals surface area contributed by atoms with Gasteiger partial charge in [0, 0.05) is 7.05 Å². The molecular weight excluding hydrogens is 308 g/mol. The van der Waals surface area contributed by atoms with E-state index in [1.165, 1.54) is 4.90 Å². The van der Waals surface area contributed by atoms with Gasteiger partial charge in [-0.15, -0.1) is 0 Å². The van der Waals surface area contributed by atoms with Gasteiger partial charge in [-0.2, -0.15) is 0 Å². The van der Waals surface area contributed by atoms with Gasteiger partial charge in [0.25, 0.3) is 17.5 Å². The maximum absolute atomic E-state index is 12.8. The Morgan fingerprint density at radius 3 is 2.54 bits per heavy atom. The maximum Gasteiger partial charge on any atom is 0.281 e. The number of epoxide rings is 1. The molecule has 0 bridgehead atoms. The second kappa shape index (κ2) is 5.07. The second-order valence-corrected chi connectivity index (χ2v) is 5.83. The Hall–Kier alpha value is -2.86. The molecule has 2 heterocycles. The van der Waals surface area contributed by atoms with Crippen LogP contribution in [0.15, 0.2) is 48.5 Å². The van der Waals surface area contributed by atoms with Gasteiger partial charge in [0.1, 0.15) is 11.9 Å². The van der Waals surface area contributed by atoms with Gasteiger partial charge in [-0.1, -0.05) is 24.3 Å². The molecule has 2 aliphatic heterocycles. The van der Waals surface area contributed by atoms with Gasteiger partial charge in [0.2, 0.25) is 0 Å². The Bertz CT molecular complexity index is 833. The minimum absolute atomic E-state index is 0.250. The fourth-order valence-corrected chi connectivity index (χ4v) is 3.12. The molecule has 2 atom stereocenters. The number of anilines is 1. The van der Waals surface area contributed by atoms with E-state index in [-0.39, 0.29) is 11.8 Å². The molecule has 0 radical (unpaired) electrons. The normalized spacial score (nSPS) is 25.1. The van der Waals surface area contributed by atoms with Gasteiger partial charge < -0.3 is 19.7 Å². The lowest BCUT2D eigenvalue weighted by Crippen LogP contribution is -2.46. The zero-order valence-corrected chi connectivity index (χ0v) is 13.3. The summed E-state index contributed by atoms with van der Waals surface area (Å²) < 4.78 is 10.9. The Morgan fingerprint density at radius 1 is 1.12 bits per heavy atom. The molecule has 0 aromatic heterocycles. The summed E-state index contributed by atoms with van der Waals surface area (Å²) in [5.74, 6) is 0.125. The standard InChI is InChI=1S/C18H16N2O4/c1-20-16(21)13-5-3-4-6-14(13)19-17(22)18(20)15(24-18)11-7-9-12(23-2)10-8-11/h3-10,15H,1-2H3,(H,19,22)/t15-,18+/m0/s1. The molecule has 6 heteroatoms. The van der Waals surface area contributed by atoms with E-state index in [0.29, 0.717) is 11.3 Å². The first-order valence-corrected chi connectivity index (χ1v) is 7.58. The maximum atomic E-state index is 12.8. The molecule has 0 saturated carbocycles. The molecule has 6 nitrogen and oxygen atoms in total. The largest absolute Gasteiger partial charge is 0.497 e.